The van der Waals surface area contributed by atoms with Crippen LogP contribution in [0.1, 0.15) is 62.6 Å². The van der Waals surface area contributed by atoms with E-state index in [0.29, 0.717) is 18.2 Å². The van der Waals surface area contributed by atoms with Gasteiger partial charge in [-0.2, -0.15) is 0 Å². The maximum Gasteiger partial charge on any atom is 0.310 e. The second-order valence-corrected chi connectivity index (χ2v) is 8.97. The molecule has 1 unspecified atom stereocenters. The molecule has 0 radical (unpaired) electrons. The first-order valence-electron chi connectivity index (χ1n) is 12.1. The van der Waals surface area contributed by atoms with E-state index in [0.717, 1.165) is 25.6 Å². The largest absolute Gasteiger partial charge is 0.427 e. The van der Waals surface area contributed by atoms with Gasteiger partial charge in [0, 0.05) is 44.7 Å². The molecular formula is C27H38Cl2N2O2. The molecule has 2 aromatic rings. The highest BCUT2D eigenvalue weighted by Crippen LogP contribution is 2.30. The van der Waals surface area contributed by atoms with E-state index in [4.69, 9.17) is 4.74 Å². The summed E-state index contributed by atoms with van der Waals surface area (Å²) < 4.78 is 5.46. The number of carbonyl (C=O) groups is 1. The van der Waals surface area contributed by atoms with E-state index < -0.39 is 0 Å². The van der Waals surface area contributed by atoms with Crippen LogP contribution in [0.2, 0.25) is 0 Å². The molecular weight excluding hydrogens is 455 g/mol. The molecule has 0 spiro atoms. The number of esters is 1. The third kappa shape index (κ3) is 7.71. The SMILES string of the molecule is CCC(=O)Oc1cccc(CC(c2ccccc2)N2CCN(C3CCCCC3)CC2)c1.Cl.Cl. The Labute approximate surface area is 211 Å². The number of piperazine rings is 1. The fourth-order valence-corrected chi connectivity index (χ4v) is 5.16. The Balaban J connectivity index is 0.00000193. The summed E-state index contributed by atoms with van der Waals surface area (Å²) in [6.07, 6.45) is 8.29. The number of carbonyl (C=O) groups excluding carboxylic acids is 1. The first kappa shape index (κ1) is 27.7. The Hall–Kier alpha value is -1.59. The van der Waals surface area contributed by atoms with Gasteiger partial charge in [0.25, 0.3) is 0 Å². The normalized spacial score (nSPS) is 18.6. The predicted molar refractivity (Wildman–Crippen MR) is 140 cm³/mol. The summed E-state index contributed by atoms with van der Waals surface area (Å²) in [6, 6.07) is 20.1. The van der Waals surface area contributed by atoms with Crippen molar-refractivity contribution in [3.8, 4) is 5.75 Å². The van der Waals surface area contributed by atoms with Crippen molar-refractivity contribution in [2.24, 2.45) is 0 Å². The molecule has 1 saturated carbocycles. The number of rotatable bonds is 7. The van der Waals surface area contributed by atoms with Crippen LogP contribution in [0.5, 0.6) is 5.75 Å². The standard InChI is InChI=1S/C27H36N2O2.2ClH/c1-2-27(30)31-25-15-9-10-22(20-25)21-26(23-11-5-3-6-12-23)29-18-16-28(17-19-29)24-13-7-4-8-14-24;;/h3,5-6,9-12,15,20,24,26H,2,4,7-8,13-14,16-19,21H2,1H3;2*1H. The molecule has 2 aliphatic rings. The Morgan fingerprint density at radius 3 is 2.30 bits per heavy atom. The monoisotopic (exact) mass is 492 g/mol. The Morgan fingerprint density at radius 2 is 1.64 bits per heavy atom. The lowest BCUT2D eigenvalue weighted by molar-refractivity contribution is -0.134. The van der Waals surface area contributed by atoms with Crippen molar-refractivity contribution in [3.05, 3.63) is 65.7 Å². The maximum atomic E-state index is 11.7. The van der Waals surface area contributed by atoms with E-state index in [9.17, 15) is 4.79 Å². The molecule has 2 aromatic carbocycles. The molecule has 33 heavy (non-hydrogen) atoms. The van der Waals surface area contributed by atoms with E-state index in [1.165, 1.54) is 56.3 Å². The molecule has 182 valence electrons. The summed E-state index contributed by atoms with van der Waals surface area (Å²) in [6.45, 7) is 6.38. The maximum absolute atomic E-state index is 11.7. The molecule has 4 rings (SSSR count). The van der Waals surface area contributed by atoms with Gasteiger partial charge in [0.15, 0.2) is 0 Å². The lowest BCUT2D eigenvalue weighted by Crippen LogP contribution is -2.51. The molecule has 1 aliphatic carbocycles. The van der Waals surface area contributed by atoms with E-state index in [-0.39, 0.29) is 30.8 Å². The third-order valence-corrected chi connectivity index (χ3v) is 6.91. The summed E-state index contributed by atoms with van der Waals surface area (Å²) in [5, 5.41) is 0. The van der Waals surface area contributed by atoms with Gasteiger partial charge in [-0.1, -0.05) is 68.7 Å². The number of benzene rings is 2. The minimum absolute atomic E-state index is 0. The molecule has 0 aromatic heterocycles. The van der Waals surface area contributed by atoms with Crippen molar-refractivity contribution >= 4 is 30.8 Å². The smallest absolute Gasteiger partial charge is 0.310 e. The lowest BCUT2D eigenvalue weighted by atomic mass is 9.93. The Kier molecular flexibility index (Phi) is 11.7. The third-order valence-electron chi connectivity index (χ3n) is 6.91. The molecule has 6 heteroatoms. The minimum Gasteiger partial charge on any atom is -0.427 e. The van der Waals surface area contributed by atoms with Crippen LogP contribution in [-0.2, 0) is 11.2 Å². The topological polar surface area (TPSA) is 32.8 Å². The van der Waals surface area contributed by atoms with Crippen molar-refractivity contribution in [2.75, 3.05) is 26.2 Å². The Morgan fingerprint density at radius 1 is 0.939 bits per heavy atom. The molecule has 0 N–H and O–H groups in total. The van der Waals surface area contributed by atoms with Gasteiger partial charge in [0.1, 0.15) is 5.75 Å². The van der Waals surface area contributed by atoms with E-state index in [2.05, 4.69) is 46.2 Å². The zero-order chi connectivity index (χ0) is 21.5. The van der Waals surface area contributed by atoms with Gasteiger partial charge < -0.3 is 4.74 Å². The van der Waals surface area contributed by atoms with Gasteiger partial charge in [-0.3, -0.25) is 14.6 Å². The van der Waals surface area contributed by atoms with Crippen LogP contribution in [0, 0.1) is 0 Å². The minimum atomic E-state index is -0.185. The van der Waals surface area contributed by atoms with Crippen LogP contribution in [-0.4, -0.2) is 48.0 Å². The molecule has 1 atom stereocenters. The van der Waals surface area contributed by atoms with Crippen molar-refractivity contribution in [3.63, 3.8) is 0 Å². The second kappa shape index (κ2) is 14.0. The fourth-order valence-electron chi connectivity index (χ4n) is 5.16. The summed E-state index contributed by atoms with van der Waals surface area (Å²) in [5.41, 5.74) is 2.58. The van der Waals surface area contributed by atoms with Crippen molar-refractivity contribution in [1.29, 1.82) is 0 Å². The molecule has 4 nitrogen and oxygen atoms in total. The van der Waals surface area contributed by atoms with E-state index in [1.807, 2.05) is 25.1 Å². The lowest BCUT2D eigenvalue weighted by Gasteiger charge is -2.43. The number of halogens is 2. The first-order valence-corrected chi connectivity index (χ1v) is 12.1. The van der Waals surface area contributed by atoms with Crippen LogP contribution in [0.25, 0.3) is 0 Å². The number of ether oxygens (including phenoxy) is 1. The van der Waals surface area contributed by atoms with Crippen LogP contribution in [0.15, 0.2) is 54.6 Å². The number of hydrogen-bond donors (Lipinski definition) is 0. The zero-order valence-corrected chi connectivity index (χ0v) is 21.3. The summed E-state index contributed by atoms with van der Waals surface area (Å²) in [4.78, 5) is 17.1. The van der Waals surface area contributed by atoms with Gasteiger partial charge >= 0.3 is 5.97 Å². The number of nitrogens with zero attached hydrogens (tertiary/aromatic N) is 2. The van der Waals surface area contributed by atoms with Gasteiger partial charge in [-0.05, 0) is 42.5 Å². The highest BCUT2D eigenvalue weighted by atomic mass is 35.5. The quantitative estimate of drug-likeness (QED) is 0.346. The molecule has 2 fully saturated rings. The van der Waals surface area contributed by atoms with Crippen LogP contribution < -0.4 is 4.74 Å². The molecule has 0 bridgehead atoms. The zero-order valence-electron chi connectivity index (χ0n) is 19.7. The summed E-state index contributed by atoms with van der Waals surface area (Å²) in [5.74, 6) is 0.467. The molecule has 1 saturated heterocycles. The average Bonchev–Trinajstić information content (AvgIpc) is 2.84. The molecule has 1 aliphatic heterocycles. The summed E-state index contributed by atoms with van der Waals surface area (Å²) >= 11 is 0. The molecule has 0 amide bonds. The van der Waals surface area contributed by atoms with Gasteiger partial charge in [-0.15, -0.1) is 24.8 Å². The predicted octanol–water partition coefficient (Wildman–Crippen LogP) is 6.08. The van der Waals surface area contributed by atoms with Crippen LogP contribution >= 0.6 is 24.8 Å². The fraction of sp³-hybridized carbons (Fsp3) is 0.519. The van der Waals surface area contributed by atoms with Crippen LogP contribution in [0.3, 0.4) is 0 Å². The average molecular weight is 494 g/mol. The van der Waals surface area contributed by atoms with Crippen molar-refractivity contribution in [2.45, 2.75) is 64.0 Å². The van der Waals surface area contributed by atoms with Crippen molar-refractivity contribution < 1.29 is 9.53 Å². The van der Waals surface area contributed by atoms with Gasteiger partial charge in [-0.25, -0.2) is 0 Å². The van der Waals surface area contributed by atoms with E-state index in [1.54, 1.807) is 0 Å². The van der Waals surface area contributed by atoms with E-state index >= 15 is 0 Å². The highest BCUT2D eigenvalue weighted by Gasteiger charge is 2.29. The highest BCUT2D eigenvalue weighted by molar-refractivity contribution is 5.85. The van der Waals surface area contributed by atoms with Crippen molar-refractivity contribution in [1.82, 2.24) is 9.80 Å². The van der Waals surface area contributed by atoms with Gasteiger partial charge in [0.2, 0.25) is 0 Å². The Bertz CT molecular complexity index is 835. The summed E-state index contributed by atoms with van der Waals surface area (Å²) in [7, 11) is 0. The van der Waals surface area contributed by atoms with Crippen LogP contribution in [0.4, 0.5) is 0 Å². The second-order valence-electron chi connectivity index (χ2n) is 8.97. The first-order chi connectivity index (χ1) is 15.2. The van der Waals surface area contributed by atoms with Gasteiger partial charge in [0.05, 0.1) is 0 Å². The number of hydrogen-bond acceptors (Lipinski definition) is 4. The molecule has 1 heterocycles.